The summed E-state index contributed by atoms with van der Waals surface area (Å²) in [4.78, 5) is 45.7. The number of rotatable bonds is 4. The molecule has 4 aromatic rings. The summed E-state index contributed by atoms with van der Waals surface area (Å²) in [6.07, 6.45) is 3.84. The molecule has 1 amide bonds. The third-order valence-corrected chi connectivity index (χ3v) is 9.15. The molecule has 0 bridgehead atoms. The lowest BCUT2D eigenvalue weighted by molar-refractivity contribution is -0.122. The van der Waals surface area contributed by atoms with Crippen LogP contribution in [0.2, 0.25) is 5.02 Å². The molecule has 1 fully saturated rings. The van der Waals surface area contributed by atoms with Crippen LogP contribution in [0, 0.1) is 5.92 Å². The molecule has 0 saturated carbocycles. The van der Waals surface area contributed by atoms with Crippen molar-refractivity contribution < 1.29 is 14.4 Å². The fraction of sp³-hybridized carbons (Fsp3) is 0.129. The van der Waals surface area contributed by atoms with Gasteiger partial charge in [0.05, 0.1) is 16.8 Å². The normalized spacial score (nSPS) is 24.6. The van der Waals surface area contributed by atoms with E-state index < -0.39 is 23.4 Å². The van der Waals surface area contributed by atoms with Crippen LogP contribution in [0.15, 0.2) is 96.5 Å². The molecule has 1 N–H and O–H groups in total. The van der Waals surface area contributed by atoms with Crippen molar-refractivity contribution in [2.24, 2.45) is 5.92 Å². The summed E-state index contributed by atoms with van der Waals surface area (Å²) in [5.74, 6) is -1.69. The standard InChI is InChI=1S/C31H21ClN2O3S/c32-20-13-11-19(12-14-20)27(35)25-26(28(36)24-10-5-17-38-24)34-16-15-18-6-1-2-7-21(18)29(34)31(25)22-8-3-4-9-23(22)33-30(31)37/h1-17,25-26,29H,(H,33,37)/t25-,26+,29-,31+/m1/s1. The lowest BCUT2D eigenvalue weighted by atomic mass is 9.63. The van der Waals surface area contributed by atoms with Crippen molar-refractivity contribution in [1.29, 1.82) is 0 Å². The molecule has 3 aliphatic heterocycles. The van der Waals surface area contributed by atoms with E-state index in [0.717, 1.165) is 16.7 Å². The number of fused-ring (bicyclic) bond motifs is 6. The zero-order valence-corrected chi connectivity index (χ0v) is 21.6. The molecule has 1 aromatic heterocycles. The van der Waals surface area contributed by atoms with Crippen LogP contribution in [0.25, 0.3) is 6.08 Å². The number of ketones is 2. The summed E-state index contributed by atoms with van der Waals surface area (Å²) in [6.45, 7) is 0. The Balaban J connectivity index is 1.55. The first-order valence-electron chi connectivity index (χ1n) is 12.3. The maximum Gasteiger partial charge on any atom is 0.238 e. The van der Waals surface area contributed by atoms with Gasteiger partial charge in [0, 0.05) is 22.5 Å². The molecule has 3 aromatic carbocycles. The minimum Gasteiger partial charge on any atom is -0.358 e. The molecule has 0 unspecified atom stereocenters. The Hall–Kier alpha value is -4.00. The SMILES string of the molecule is O=C(c1cccs1)[C@@H]1[C@H](C(=O)c2ccc(Cl)cc2)[C@]2(C(=O)Nc3ccccc32)[C@H]2c3ccccc3C=CN12. The number of thiophene rings is 1. The van der Waals surface area contributed by atoms with Gasteiger partial charge in [-0.05, 0) is 64.5 Å². The summed E-state index contributed by atoms with van der Waals surface area (Å²) >= 11 is 7.49. The molecular formula is C31H21ClN2O3S. The van der Waals surface area contributed by atoms with Gasteiger partial charge in [0.15, 0.2) is 11.6 Å². The number of carbonyl (C=O) groups is 3. The van der Waals surface area contributed by atoms with Crippen molar-refractivity contribution in [3.8, 4) is 0 Å². The minimum atomic E-state index is -1.33. The highest BCUT2D eigenvalue weighted by atomic mass is 35.5. The van der Waals surface area contributed by atoms with Gasteiger partial charge < -0.3 is 10.2 Å². The summed E-state index contributed by atoms with van der Waals surface area (Å²) in [5, 5.41) is 5.42. The largest absolute Gasteiger partial charge is 0.358 e. The Morgan fingerprint density at radius 1 is 0.895 bits per heavy atom. The van der Waals surface area contributed by atoms with Crippen LogP contribution in [-0.2, 0) is 10.2 Å². The monoisotopic (exact) mass is 536 g/mol. The number of amides is 1. The second-order valence-electron chi connectivity index (χ2n) is 9.80. The lowest BCUT2D eigenvalue weighted by Crippen LogP contribution is -2.49. The number of benzene rings is 3. The van der Waals surface area contributed by atoms with Crippen molar-refractivity contribution >= 4 is 52.2 Å². The van der Waals surface area contributed by atoms with E-state index in [1.807, 2.05) is 77.2 Å². The van der Waals surface area contributed by atoms with E-state index in [1.165, 1.54) is 11.3 Å². The van der Waals surface area contributed by atoms with E-state index in [-0.39, 0.29) is 17.5 Å². The third-order valence-electron chi connectivity index (χ3n) is 8.01. The maximum atomic E-state index is 14.6. The summed E-state index contributed by atoms with van der Waals surface area (Å²) in [5.41, 5.74) is 2.37. The summed E-state index contributed by atoms with van der Waals surface area (Å²) < 4.78 is 0. The average Bonchev–Trinajstić information content (AvgIpc) is 3.65. The minimum absolute atomic E-state index is 0.171. The fourth-order valence-electron chi connectivity index (χ4n) is 6.53. The predicted octanol–water partition coefficient (Wildman–Crippen LogP) is 6.38. The topological polar surface area (TPSA) is 66.5 Å². The van der Waals surface area contributed by atoms with Crippen LogP contribution < -0.4 is 5.32 Å². The van der Waals surface area contributed by atoms with Gasteiger partial charge in [-0.25, -0.2) is 0 Å². The lowest BCUT2D eigenvalue weighted by Gasteiger charge is -2.38. The van der Waals surface area contributed by atoms with Gasteiger partial charge in [0.2, 0.25) is 5.91 Å². The molecule has 4 heterocycles. The van der Waals surface area contributed by atoms with Crippen molar-refractivity contribution in [2.75, 3.05) is 5.32 Å². The molecular weight excluding hydrogens is 516 g/mol. The number of hydrogen-bond donors (Lipinski definition) is 1. The van der Waals surface area contributed by atoms with Crippen LogP contribution in [0.1, 0.15) is 42.8 Å². The molecule has 186 valence electrons. The highest BCUT2D eigenvalue weighted by molar-refractivity contribution is 7.12. The Morgan fingerprint density at radius 2 is 1.66 bits per heavy atom. The first-order valence-corrected chi connectivity index (χ1v) is 13.6. The maximum absolute atomic E-state index is 14.6. The van der Waals surface area contributed by atoms with Crippen molar-refractivity contribution in [3.63, 3.8) is 0 Å². The number of anilines is 1. The van der Waals surface area contributed by atoms with Gasteiger partial charge >= 0.3 is 0 Å². The first-order chi connectivity index (χ1) is 18.5. The second kappa shape index (κ2) is 8.51. The Kier molecular flexibility index (Phi) is 5.18. The van der Waals surface area contributed by atoms with Crippen LogP contribution in [0.5, 0.6) is 0 Å². The fourth-order valence-corrected chi connectivity index (χ4v) is 7.35. The molecule has 7 rings (SSSR count). The van der Waals surface area contributed by atoms with Crippen LogP contribution >= 0.6 is 22.9 Å². The molecule has 0 aliphatic carbocycles. The van der Waals surface area contributed by atoms with E-state index in [2.05, 4.69) is 5.32 Å². The highest BCUT2D eigenvalue weighted by Crippen LogP contribution is 2.62. The van der Waals surface area contributed by atoms with Gasteiger partial charge in [0.1, 0.15) is 11.5 Å². The van der Waals surface area contributed by atoms with Gasteiger partial charge in [-0.15, -0.1) is 11.3 Å². The molecule has 0 radical (unpaired) electrons. The average molecular weight is 537 g/mol. The molecule has 1 spiro atoms. The molecule has 4 atom stereocenters. The van der Waals surface area contributed by atoms with E-state index >= 15 is 0 Å². The van der Waals surface area contributed by atoms with Gasteiger partial charge in [0.25, 0.3) is 0 Å². The third kappa shape index (κ3) is 3.08. The number of hydrogen-bond acceptors (Lipinski definition) is 5. The zero-order valence-electron chi connectivity index (χ0n) is 20.0. The van der Waals surface area contributed by atoms with E-state index in [0.29, 0.717) is 21.2 Å². The van der Waals surface area contributed by atoms with Gasteiger partial charge in [-0.3, -0.25) is 14.4 Å². The second-order valence-corrected chi connectivity index (χ2v) is 11.2. The van der Waals surface area contributed by atoms with Crippen LogP contribution in [0.3, 0.4) is 0 Å². The van der Waals surface area contributed by atoms with Crippen molar-refractivity contribution in [2.45, 2.75) is 17.5 Å². The Bertz CT molecular complexity index is 1650. The molecule has 5 nitrogen and oxygen atoms in total. The zero-order chi connectivity index (χ0) is 26.0. The molecule has 1 saturated heterocycles. The number of Topliss-reactive ketones (excluding diaryl/α,β-unsaturated/α-hetero) is 2. The number of carbonyl (C=O) groups excluding carboxylic acids is 3. The van der Waals surface area contributed by atoms with Crippen LogP contribution in [0.4, 0.5) is 5.69 Å². The Morgan fingerprint density at radius 3 is 2.45 bits per heavy atom. The Labute approximate surface area is 228 Å². The number of nitrogens with one attached hydrogen (secondary N) is 1. The summed E-state index contributed by atoms with van der Waals surface area (Å²) in [6, 6.07) is 24.2. The van der Waals surface area contributed by atoms with E-state index in [4.69, 9.17) is 11.6 Å². The molecule has 7 heteroatoms. The summed E-state index contributed by atoms with van der Waals surface area (Å²) in [7, 11) is 0. The number of para-hydroxylation sites is 1. The number of halogens is 1. The van der Waals surface area contributed by atoms with E-state index in [1.54, 1.807) is 30.3 Å². The quantitative estimate of drug-likeness (QED) is 0.307. The first kappa shape index (κ1) is 23.1. The van der Waals surface area contributed by atoms with E-state index in [9.17, 15) is 14.4 Å². The highest BCUT2D eigenvalue weighted by Gasteiger charge is 2.70. The number of nitrogens with zero attached hydrogens (tertiary/aromatic N) is 1. The van der Waals surface area contributed by atoms with Gasteiger partial charge in [-0.2, -0.15) is 0 Å². The molecule has 38 heavy (non-hydrogen) atoms. The van der Waals surface area contributed by atoms with Gasteiger partial charge in [-0.1, -0.05) is 60.1 Å². The predicted molar refractivity (Wildman–Crippen MR) is 149 cm³/mol. The van der Waals surface area contributed by atoms with Crippen LogP contribution in [-0.4, -0.2) is 28.4 Å². The van der Waals surface area contributed by atoms with Crippen molar-refractivity contribution in [1.82, 2.24) is 4.90 Å². The smallest absolute Gasteiger partial charge is 0.238 e. The molecule has 3 aliphatic rings. The van der Waals surface area contributed by atoms with Crippen molar-refractivity contribution in [3.05, 3.63) is 129 Å².